The van der Waals surface area contributed by atoms with Crippen LogP contribution in [0.2, 0.25) is 0 Å². The zero-order valence-electron chi connectivity index (χ0n) is 24.3. The van der Waals surface area contributed by atoms with Gasteiger partial charge in [-0.15, -0.1) is 0 Å². The molecule has 0 saturated carbocycles. The number of nitrogens with zero attached hydrogens (tertiary/aromatic N) is 5. The molecule has 2 aliphatic rings. The monoisotopic (exact) mass is 577 g/mol. The van der Waals surface area contributed by atoms with E-state index in [2.05, 4.69) is 4.98 Å². The quantitative estimate of drug-likeness (QED) is 0.358. The van der Waals surface area contributed by atoms with Crippen molar-refractivity contribution >= 4 is 28.6 Å². The Kier molecular flexibility index (Phi) is 7.82. The number of rotatable bonds is 7. The molecule has 9 nitrogen and oxygen atoms in total. The molecule has 0 bridgehead atoms. The number of phenols is 1. The van der Waals surface area contributed by atoms with Crippen molar-refractivity contribution in [2.24, 2.45) is 0 Å². The van der Waals surface area contributed by atoms with Crippen molar-refractivity contribution < 1.29 is 19.5 Å². The Bertz CT molecular complexity index is 1640. The van der Waals surface area contributed by atoms with Gasteiger partial charge in [0, 0.05) is 37.0 Å². The summed E-state index contributed by atoms with van der Waals surface area (Å²) < 4.78 is 0. The molecule has 3 heterocycles. The highest BCUT2D eigenvalue weighted by Crippen LogP contribution is 2.34. The molecule has 0 unspecified atom stereocenters. The molecule has 43 heavy (non-hydrogen) atoms. The molecule has 2 saturated heterocycles. The number of aryl methyl sites for hydroxylation is 1. The predicted molar refractivity (Wildman–Crippen MR) is 162 cm³/mol. The van der Waals surface area contributed by atoms with Crippen LogP contribution in [0.1, 0.15) is 36.1 Å². The van der Waals surface area contributed by atoms with Gasteiger partial charge in [0.15, 0.2) is 0 Å². The van der Waals surface area contributed by atoms with Crippen molar-refractivity contribution in [2.45, 2.75) is 44.4 Å². The predicted octanol–water partition coefficient (Wildman–Crippen LogP) is 3.93. The van der Waals surface area contributed by atoms with E-state index in [9.17, 15) is 19.5 Å². The summed E-state index contributed by atoms with van der Waals surface area (Å²) in [6.45, 7) is 2.14. The summed E-state index contributed by atoms with van der Waals surface area (Å²) in [5.74, 6) is -0.359. The van der Waals surface area contributed by atoms with Gasteiger partial charge in [0.2, 0.25) is 17.7 Å². The third kappa shape index (κ3) is 5.56. The second-order valence-corrected chi connectivity index (χ2v) is 11.3. The van der Waals surface area contributed by atoms with Crippen LogP contribution in [0, 0.1) is 0 Å². The Labute approximate surface area is 250 Å². The standard InChI is InChI=1S/C34H35N5O4/c1-23(28-12-6-10-26-11-7-19-35-33(26)28)37-21-30-38(29(34(37)43)20-25-13-16-27(40)17-14-25)32(42)22-36(2)39(30)31(41)18-15-24-8-4-3-5-9-24/h3-14,16-17,19,23,29-30,40H,15,18,20-22H2,1-2H3/t23-,29+,30-/m1/s1. The molecular formula is C34H35N5O4. The number of aromatic hydroxyl groups is 1. The van der Waals surface area contributed by atoms with Gasteiger partial charge in [-0.2, -0.15) is 0 Å². The van der Waals surface area contributed by atoms with Crippen LogP contribution in [-0.2, 0) is 27.2 Å². The second kappa shape index (κ2) is 11.9. The highest BCUT2D eigenvalue weighted by molar-refractivity contribution is 5.92. The first kappa shape index (κ1) is 28.4. The molecule has 220 valence electrons. The van der Waals surface area contributed by atoms with E-state index in [0.717, 1.165) is 27.6 Å². The van der Waals surface area contributed by atoms with E-state index in [1.165, 1.54) is 0 Å². The molecule has 1 N–H and O–H groups in total. The largest absolute Gasteiger partial charge is 0.508 e. The summed E-state index contributed by atoms with van der Waals surface area (Å²) >= 11 is 0. The molecule has 3 atom stereocenters. The van der Waals surface area contributed by atoms with Crippen LogP contribution in [0.3, 0.4) is 0 Å². The summed E-state index contributed by atoms with van der Waals surface area (Å²) in [4.78, 5) is 49.9. The van der Waals surface area contributed by atoms with Crippen LogP contribution in [-0.4, -0.2) is 80.0 Å². The van der Waals surface area contributed by atoms with Crippen molar-refractivity contribution in [3.05, 3.63) is 108 Å². The number of hydrogen-bond acceptors (Lipinski definition) is 6. The van der Waals surface area contributed by atoms with E-state index in [0.29, 0.717) is 6.42 Å². The fourth-order valence-corrected chi connectivity index (χ4v) is 6.38. The van der Waals surface area contributed by atoms with Crippen molar-refractivity contribution in [2.75, 3.05) is 20.1 Å². The Morgan fingerprint density at radius 2 is 1.70 bits per heavy atom. The van der Waals surface area contributed by atoms with E-state index < -0.39 is 12.2 Å². The number of amides is 3. The number of para-hydroxylation sites is 1. The van der Waals surface area contributed by atoms with Gasteiger partial charge >= 0.3 is 0 Å². The number of fused-ring (bicyclic) bond motifs is 2. The summed E-state index contributed by atoms with van der Waals surface area (Å²) in [5, 5.41) is 14.2. The third-order valence-electron chi connectivity index (χ3n) is 8.56. The number of hydrogen-bond donors (Lipinski definition) is 1. The Hall–Kier alpha value is -4.76. The highest BCUT2D eigenvalue weighted by atomic mass is 16.3. The minimum Gasteiger partial charge on any atom is -0.508 e. The molecule has 3 aromatic carbocycles. The molecule has 2 fully saturated rings. The van der Waals surface area contributed by atoms with Crippen LogP contribution in [0.5, 0.6) is 5.75 Å². The maximum atomic E-state index is 14.4. The van der Waals surface area contributed by atoms with Gasteiger partial charge in [-0.3, -0.25) is 24.4 Å². The molecule has 0 radical (unpaired) electrons. The number of aromatic nitrogens is 1. The van der Waals surface area contributed by atoms with E-state index in [-0.39, 0.29) is 55.4 Å². The number of benzene rings is 3. The van der Waals surface area contributed by atoms with Crippen molar-refractivity contribution in [3.63, 3.8) is 0 Å². The van der Waals surface area contributed by atoms with Crippen LogP contribution in [0.25, 0.3) is 10.9 Å². The molecular weight excluding hydrogens is 542 g/mol. The molecule has 6 rings (SSSR count). The third-order valence-corrected chi connectivity index (χ3v) is 8.56. The topological polar surface area (TPSA) is 97.3 Å². The lowest BCUT2D eigenvalue weighted by Gasteiger charge is -2.55. The summed E-state index contributed by atoms with van der Waals surface area (Å²) in [5.41, 5.74) is 3.59. The Morgan fingerprint density at radius 1 is 0.953 bits per heavy atom. The molecule has 2 aliphatic heterocycles. The minimum absolute atomic E-state index is 0.00423. The Balaban J connectivity index is 1.37. The van der Waals surface area contributed by atoms with Gasteiger partial charge in [-0.1, -0.05) is 66.7 Å². The summed E-state index contributed by atoms with van der Waals surface area (Å²) in [7, 11) is 1.75. The normalized spacial score (nSPS) is 19.9. The first-order valence-electron chi connectivity index (χ1n) is 14.6. The van der Waals surface area contributed by atoms with E-state index in [1.54, 1.807) is 57.3 Å². The number of hydrazine groups is 1. The van der Waals surface area contributed by atoms with Gasteiger partial charge < -0.3 is 14.9 Å². The van der Waals surface area contributed by atoms with Crippen LogP contribution < -0.4 is 0 Å². The average Bonchev–Trinajstić information content (AvgIpc) is 3.02. The average molecular weight is 578 g/mol. The number of likely N-dealkylation sites (N-methyl/N-ethyl adjacent to an activating group) is 1. The van der Waals surface area contributed by atoms with Crippen molar-refractivity contribution in [3.8, 4) is 5.75 Å². The van der Waals surface area contributed by atoms with Gasteiger partial charge in [-0.25, -0.2) is 5.01 Å². The molecule has 4 aromatic rings. The molecule has 3 amide bonds. The van der Waals surface area contributed by atoms with Gasteiger partial charge in [-0.05, 0) is 42.7 Å². The number of pyridine rings is 1. The number of phenolic OH excluding ortho intramolecular Hbond substituents is 1. The zero-order valence-corrected chi connectivity index (χ0v) is 24.3. The lowest BCUT2D eigenvalue weighted by Crippen LogP contribution is -2.75. The van der Waals surface area contributed by atoms with Crippen LogP contribution in [0.4, 0.5) is 0 Å². The van der Waals surface area contributed by atoms with E-state index in [1.807, 2.05) is 67.6 Å². The van der Waals surface area contributed by atoms with Gasteiger partial charge in [0.1, 0.15) is 18.0 Å². The summed E-state index contributed by atoms with van der Waals surface area (Å²) in [6.07, 6.45) is 2.18. The lowest BCUT2D eigenvalue weighted by atomic mass is 9.95. The molecule has 0 spiro atoms. The lowest BCUT2D eigenvalue weighted by molar-refractivity contribution is -0.204. The Morgan fingerprint density at radius 3 is 2.47 bits per heavy atom. The fraction of sp³-hybridized carbons (Fsp3) is 0.294. The maximum Gasteiger partial charge on any atom is 0.246 e. The van der Waals surface area contributed by atoms with Gasteiger partial charge in [0.25, 0.3) is 0 Å². The van der Waals surface area contributed by atoms with Crippen LogP contribution in [0.15, 0.2) is 91.1 Å². The molecule has 9 heteroatoms. The first-order valence-corrected chi connectivity index (χ1v) is 14.6. The molecule has 0 aliphatic carbocycles. The fourth-order valence-electron chi connectivity index (χ4n) is 6.38. The summed E-state index contributed by atoms with van der Waals surface area (Å²) in [6, 6.07) is 25.2. The number of carbonyl (C=O) groups excluding carboxylic acids is 3. The molecule has 1 aromatic heterocycles. The minimum atomic E-state index is -0.820. The number of piperazine rings is 1. The SMILES string of the molecule is C[C@H](c1cccc2cccnc12)N1C[C@@H]2N(C(=O)CN(C)N2C(=O)CCc2ccccc2)[C@@H](Cc2ccc(O)cc2)C1=O. The van der Waals surface area contributed by atoms with Crippen molar-refractivity contribution in [1.29, 1.82) is 0 Å². The highest BCUT2D eigenvalue weighted by Gasteiger charge is 2.51. The van der Waals surface area contributed by atoms with E-state index in [4.69, 9.17) is 0 Å². The number of carbonyl (C=O) groups is 3. The van der Waals surface area contributed by atoms with Gasteiger partial charge in [0.05, 0.1) is 24.6 Å². The zero-order chi connectivity index (χ0) is 30.1. The second-order valence-electron chi connectivity index (χ2n) is 11.3. The maximum absolute atomic E-state index is 14.4. The smallest absolute Gasteiger partial charge is 0.246 e. The van der Waals surface area contributed by atoms with E-state index >= 15 is 0 Å². The first-order chi connectivity index (χ1) is 20.8. The van der Waals surface area contributed by atoms with Crippen LogP contribution >= 0.6 is 0 Å². The van der Waals surface area contributed by atoms with Crippen molar-refractivity contribution in [1.82, 2.24) is 24.8 Å².